The maximum Gasteiger partial charge on any atom is 0.246 e. The lowest BCUT2D eigenvalue weighted by Crippen LogP contribution is -2.39. The summed E-state index contributed by atoms with van der Waals surface area (Å²) < 4.78 is 25.7. The zero-order chi connectivity index (χ0) is 13.3. The number of aliphatic hydroxyl groups is 1. The molecule has 2 rings (SSSR count). The van der Waals surface area contributed by atoms with Crippen molar-refractivity contribution < 1.29 is 18.6 Å². The summed E-state index contributed by atoms with van der Waals surface area (Å²) in [5, 5.41) is 18.8. The Balaban J connectivity index is 2.13. The first-order valence-corrected chi connectivity index (χ1v) is 7.27. The van der Waals surface area contributed by atoms with Gasteiger partial charge in [-0.05, 0) is 30.9 Å². The molecular weight excluding hydrogens is 254 g/mol. The number of benzene rings is 1. The standard InChI is InChI=1S/C12H17NO4S/c1-13(8-9-6-10(14)7-9)18(16,17)12-5-3-2-4-11(12)15/h2-5,9-10,14-15H,6-8H2,1H3. The van der Waals surface area contributed by atoms with Crippen molar-refractivity contribution in [2.75, 3.05) is 13.6 Å². The molecule has 0 saturated heterocycles. The smallest absolute Gasteiger partial charge is 0.246 e. The molecule has 1 aliphatic rings. The van der Waals surface area contributed by atoms with Crippen molar-refractivity contribution in [3.8, 4) is 5.75 Å². The van der Waals surface area contributed by atoms with Crippen LogP contribution in [0.2, 0.25) is 0 Å². The van der Waals surface area contributed by atoms with E-state index in [0.29, 0.717) is 19.4 Å². The monoisotopic (exact) mass is 271 g/mol. The summed E-state index contributed by atoms with van der Waals surface area (Å²) in [6.45, 7) is 0.369. The fourth-order valence-corrected chi connectivity index (χ4v) is 3.48. The van der Waals surface area contributed by atoms with E-state index in [1.807, 2.05) is 0 Å². The van der Waals surface area contributed by atoms with E-state index in [0.717, 1.165) is 0 Å². The van der Waals surface area contributed by atoms with Crippen molar-refractivity contribution in [3.63, 3.8) is 0 Å². The van der Waals surface area contributed by atoms with Crippen molar-refractivity contribution >= 4 is 10.0 Å². The molecule has 5 nitrogen and oxygen atoms in total. The van der Waals surface area contributed by atoms with E-state index in [-0.39, 0.29) is 22.7 Å². The molecule has 1 saturated carbocycles. The first-order valence-electron chi connectivity index (χ1n) is 5.83. The van der Waals surface area contributed by atoms with E-state index >= 15 is 0 Å². The van der Waals surface area contributed by atoms with Gasteiger partial charge in [-0.25, -0.2) is 12.7 Å². The molecule has 0 unspecified atom stereocenters. The summed E-state index contributed by atoms with van der Waals surface area (Å²) in [5.74, 6) is -0.0383. The van der Waals surface area contributed by atoms with Crippen LogP contribution in [0, 0.1) is 5.92 Å². The Morgan fingerprint density at radius 2 is 1.94 bits per heavy atom. The molecule has 6 heteroatoms. The molecule has 0 bridgehead atoms. The summed E-state index contributed by atoms with van der Waals surface area (Å²) in [5.41, 5.74) is 0. The molecule has 2 N–H and O–H groups in total. The lowest BCUT2D eigenvalue weighted by atomic mass is 9.82. The van der Waals surface area contributed by atoms with Crippen LogP contribution in [-0.4, -0.2) is 42.6 Å². The average Bonchev–Trinajstić information content (AvgIpc) is 2.27. The minimum absolute atomic E-state index is 0.0765. The molecule has 0 amide bonds. The van der Waals surface area contributed by atoms with Crippen LogP contribution in [0.25, 0.3) is 0 Å². The summed E-state index contributed by atoms with van der Waals surface area (Å²) >= 11 is 0. The second-order valence-electron chi connectivity index (χ2n) is 4.74. The fraction of sp³-hybridized carbons (Fsp3) is 0.500. The lowest BCUT2D eigenvalue weighted by Gasteiger charge is -2.34. The number of hydrogen-bond donors (Lipinski definition) is 2. The van der Waals surface area contributed by atoms with Crippen LogP contribution >= 0.6 is 0 Å². The van der Waals surface area contributed by atoms with Crippen molar-refractivity contribution in [1.29, 1.82) is 0 Å². The van der Waals surface area contributed by atoms with Crippen LogP contribution in [0.5, 0.6) is 5.75 Å². The van der Waals surface area contributed by atoms with Crippen LogP contribution < -0.4 is 0 Å². The van der Waals surface area contributed by atoms with E-state index in [4.69, 9.17) is 0 Å². The fourth-order valence-electron chi connectivity index (χ4n) is 2.15. The molecule has 1 fully saturated rings. The maximum atomic E-state index is 12.2. The van der Waals surface area contributed by atoms with Gasteiger partial charge in [0.25, 0.3) is 0 Å². The quantitative estimate of drug-likeness (QED) is 0.848. The van der Waals surface area contributed by atoms with Crippen molar-refractivity contribution in [2.24, 2.45) is 5.92 Å². The Labute approximate surface area is 107 Å². The number of para-hydroxylation sites is 1. The highest BCUT2D eigenvalue weighted by Crippen LogP contribution is 2.30. The third-order valence-corrected chi connectivity index (χ3v) is 5.15. The second-order valence-corrected chi connectivity index (χ2v) is 6.76. The van der Waals surface area contributed by atoms with E-state index in [2.05, 4.69) is 0 Å². The van der Waals surface area contributed by atoms with Crippen LogP contribution in [0.15, 0.2) is 29.2 Å². The molecular formula is C12H17NO4S. The molecule has 0 aromatic heterocycles. The Hall–Kier alpha value is -1.11. The van der Waals surface area contributed by atoms with Gasteiger partial charge in [0.1, 0.15) is 10.6 Å². The third kappa shape index (κ3) is 2.50. The van der Waals surface area contributed by atoms with Crippen molar-refractivity contribution in [3.05, 3.63) is 24.3 Å². The Bertz CT molecular complexity index is 523. The number of rotatable bonds is 4. The van der Waals surface area contributed by atoms with Gasteiger partial charge >= 0.3 is 0 Å². The van der Waals surface area contributed by atoms with Crippen LogP contribution in [-0.2, 0) is 10.0 Å². The zero-order valence-corrected chi connectivity index (χ0v) is 11.0. The number of phenolic OH excluding ortho intramolecular Hbond substituents is 1. The predicted octanol–water partition coefficient (Wildman–Crippen LogP) is 0.784. The predicted molar refractivity (Wildman–Crippen MR) is 66.7 cm³/mol. The minimum Gasteiger partial charge on any atom is -0.507 e. The number of nitrogens with zero attached hydrogens (tertiary/aromatic N) is 1. The largest absolute Gasteiger partial charge is 0.507 e. The van der Waals surface area contributed by atoms with Crippen molar-refractivity contribution in [2.45, 2.75) is 23.8 Å². The summed E-state index contributed by atoms with van der Waals surface area (Å²) in [6, 6.07) is 5.90. The molecule has 0 atom stereocenters. The van der Waals surface area contributed by atoms with Gasteiger partial charge in [-0.1, -0.05) is 12.1 Å². The van der Waals surface area contributed by atoms with Crippen LogP contribution in [0.1, 0.15) is 12.8 Å². The van der Waals surface area contributed by atoms with E-state index in [1.165, 1.54) is 23.5 Å². The van der Waals surface area contributed by atoms with Crippen molar-refractivity contribution in [1.82, 2.24) is 4.31 Å². The molecule has 0 aliphatic heterocycles. The highest BCUT2D eigenvalue weighted by atomic mass is 32.2. The summed E-state index contributed by atoms with van der Waals surface area (Å²) in [4.78, 5) is -0.0765. The van der Waals surface area contributed by atoms with Gasteiger partial charge < -0.3 is 10.2 Å². The highest BCUT2D eigenvalue weighted by molar-refractivity contribution is 7.89. The van der Waals surface area contributed by atoms with Gasteiger partial charge in [-0.15, -0.1) is 0 Å². The molecule has 100 valence electrons. The first-order chi connectivity index (χ1) is 8.41. The number of aliphatic hydroxyl groups excluding tert-OH is 1. The lowest BCUT2D eigenvalue weighted by molar-refractivity contribution is 0.0367. The Morgan fingerprint density at radius 3 is 2.50 bits per heavy atom. The topological polar surface area (TPSA) is 77.8 Å². The number of sulfonamides is 1. The van der Waals surface area contributed by atoms with E-state index < -0.39 is 10.0 Å². The number of phenols is 1. The molecule has 1 aromatic carbocycles. The maximum absolute atomic E-state index is 12.2. The number of hydrogen-bond acceptors (Lipinski definition) is 4. The highest BCUT2D eigenvalue weighted by Gasteiger charge is 2.32. The molecule has 0 heterocycles. The van der Waals surface area contributed by atoms with Gasteiger partial charge in [-0.2, -0.15) is 0 Å². The van der Waals surface area contributed by atoms with Gasteiger partial charge in [0, 0.05) is 13.6 Å². The molecule has 18 heavy (non-hydrogen) atoms. The van der Waals surface area contributed by atoms with Gasteiger partial charge in [0.15, 0.2) is 0 Å². The molecule has 1 aliphatic carbocycles. The normalized spacial score (nSPS) is 23.9. The van der Waals surface area contributed by atoms with Gasteiger partial charge in [-0.3, -0.25) is 0 Å². The van der Waals surface area contributed by atoms with Gasteiger partial charge in [0.2, 0.25) is 10.0 Å². The SMILES string of the molecule is CN(CC1CC(O)C1)S(=O)(=O)c1ccccc1O. The summed E-state index contributed by atoms with van der Waals surface area (Å²) in [7, 11) is -2.16. The third-order valence-electron chi connectivity index (χ3n) is 3.28. The zero-order valence-electron chi connectivity index (χ0n) is 10.2. The number of aromatic hydroxyl groups is 1. The van der Waals surface area contributed by atoms with Gasteiger partial charge in [0.05, 0.1) is 6.10 Å². The van der Waals surface area contributed by atoms with Crippen LogP contribution in [0.3, 0.4) is 0 Å². The molecule has 1 aromatic rings. The Morgan fingerprint density at radius 1 is 1.33 bits per heavy atom. The Kier molecular flexibility index (Phi) is 3.61. The van der Waals surface area contributed by atoms with E-state index in [9.17, 15) is 18.6 Å². The van der Waals surface area contributed by atoms with Crippen LogP contribution in [0.4, 0.5) is 0 Å². The van der Waals surface area contributed by atoms with E-state index in [1.54, 1.807) is 12.1 Å². The second kappa shape index (κ2) is 4.87. The minimum atomic E-state index is -3.66. The summed E-state index contributed by atoms with van der Waals surface area (Å²) in [6.07, 6.45) is 0.984. The first kappa shape index (κ1) is 13.3. The molecule has 0 radical (unpaired) electrons. The molecule has 0 spiro atoms. The average molecular weight is 271 g/mol.